The first kappa shape index (κ1) is 16.2. The molecule has 2 atom stereocenters. The molecule has 1 aromatic heterocycles. The van der Waals surface area contributed by atoms with Gasteiger partial charge in [0.15, 0.2) is 0 Å². The maximum atomic E-state index is 12.0. The Balaban J connectivity index is 0.00000128. The van der Waals surface area contributed by atoms with Gasteiger partial charge in [-0.1, -0.05) is 0 Å². The van der Waals surface area contributed by atoms with Crippen molar-refractivity contribution in [3.8, 4) is 0 Å². The maximum Gasteiger partial charge on any atom is 0.247 e. The minimum absolute atomic E-state index is 0. The van der Waals surface area contributed by atoms with Crippen LogP contribution in [0.1, 0.15) is 19.4 Å². The second-order valence-corrected chi connectivity index (χ2v) is 4.00. The number of nitrogens with two attached hydrogens (primary N) is 1. The molecule has 7 heteroatoms. The van der Waals surface area contributed by atoms with Crippen molar-refractivity contribution in [1.82, 2.24) is 14.7 Å². The van der Waals surface area contributed by atoms with Crippen LogP contribution in [0.4, 0.5) is 0 Å². The van der Waals surface area contributed by atoms with Gasteiger partial charge in [-0.15, -0.1) is 24.8 Å². The fourth-order valence-corrected chi connectivity index (χ4v) is 1.87. The van der Waals surface area contributed by atoms with Crippen LogP contribution in [-0.2, 0) is 4.79 Å². The number of hydrogen-bond donors (Lipinski definition) is 1. The second kappa shape index (κ2) is 6.83. The van der Waals surface area contributed by atoms with Gasteiger partial charge in [-0.05, 0) is 19.4 Å². The van der Waals surface area contributed by atoms with Crippen LogP contribution in [-0.4, -0.2) is 39.7 Å². The van der Waals surface area contributed by atoms with Crippen LogP contribution in [0.3, 0.4) is 0 Å². The summed E-state index contributed by atoms with van der Waals surface area (Å²) in [6.07, 6.45) is 4.38. The Hall–Kier alpha value is -0.780. The quantitative estimate of drug-likeness (QED) is 0.874. The molecule has 2 heterocycles. The highest BCUT2D eigenvalue weighted by Gasteiger charge is 2.27. The number of likely N-dealkylation sites (tertiary alicyclic amines) is 1. The van der Waals surface area contributed by atoms with Crippen molar-refractivity contribution < 1.29 is 4.79 Å². The van der Waals surface area contributed by atoms with Crippen molar-refractivity contribution in [2.24, 2.45) is 5.73 Å². The molecule has 1 aliphatic rings. The van der Waals surface area contributed by atoms with Gasteiger partial charge in [0.1, 0.15) is 6.04 Å². The van der Waals surface area contributed by atoms with E-state index in [2.05, 4.69) is 5.10 Å². The fraction of sp³-hybridized carbons (Fsp3) is 0.600. The number of carbonyl (C=O) groups is 1. The number of rotatable bonds is 2. The molecule has 1 fully saturated rings. The van der Waals surface area contributed by atoms with Gasteiger partial charge < -0.3 is 10.6 Å². The van der Waals surface area contributed by atoms with E-state index in [-0.39, 0.29) is 42.8 Å². The predicted molar refractivity (Wildman–Crippen MR) is 70.6 cm³/mol. The van der Waals surface area contributed by atoms with Crippen LogP contribution in [0.15, 0.2) is 18.5 Å². The zero-order valence-corrected chi connectivity index (χ0v) is 11.3. The fourth-order valence-electron chi connectivity index (χ4n) is 1.87. The molecule has 0 aliphatic carbocycles. The molecule has 0 spiro atoms. The largest absolute Gasteiger partial charge is 0.339 e. The molecule has 2 unspecified atom stereocenters. The third kappa shape index (κ3) is 3.59. The molecule has 0 radical (unpaired) electrons. The van der Waals surface area contributed by atoms with E-state index in [0.29, 0.717) is 6.54 Å². The smallest absolute Gasteiger partial charge is 0.247 e. The van der Waals surface area contributed by atoms with Crippen LogP contribution in [0, 0.1) is 0 Å². The van der Waals surface area contributed by atoms with Gasteiger partial charge >= 0.3 is 0 Å². The molecule has 5 nitrogen and oxygen atoms in total. The molecule has 0 bridgehead atoms. The summed E-state index contributed by atoms with van der Waals surface area (Å²) in [6.45, 7) is 3.30. The molecule has 1 aromatic rings. The van der Waals surface area contributed by atoms with Gasteiger partial charge in [0, 0.05) is 31.5 Å². The van der Waals surface area contributed by atoms with E-state index >= 15 is 0 Å². The Morgan fingerprint density at radius 3 is 2.71 bits per heavy atom. The molecular formula is C10H18Cl2N4O. The zero-order chi connectivity index (χ0) is 10.8. The third-order valence-electron chi connectivity index (χ3n) is 2.82. The van der Waals surface area contributed by atoms with E-state index in [1.165, 1.54) is 0 Å². The summed E-state index contributed by atoms with van der Waals surface area (Å²) in [4.78, 5) is 13.8. The van der Waals surface area contributed by atoms with E-state index in [4.69, 9.17) is 5.73 Å². The van der Waals surface area contributed by atoms with E-state index in [1.54, 1.807) is 17.1 Å². The Labute approximate surface area is 113 Å². The molecule has 1 aliphatic heterocycles. The van der Waals surface area contributed by atoms with E-state index in [1.807, 2.05) is 17.9 Å². The standard InChI is InChI=1S/C10H16N4O.2ClH/c1-8(14-5-2-4-12-14)10(15)13-6-3-9(11)7-13;;/h2,4-5,8-9H,3,6-7,11H2,1H3;2*1H. The molecular weight excluding hydrogens is 263 g/mol. The summed E-state index contributed by atoms with van der Waals surface area (Å²) in [6, 6.07) is 1.73. The SMILES string of the molecule is CC(C(=O)N1CCC(N)C1)n1cccn1.Cl.Cl. The molecule has 0 aromatic carbocycles. The first-order valence-electron chi connectivity index (χ1n) is 5.22. The number of halogens is 2. The minimum Gasteiger partial charge on any atom is -0.339 e. The Kier molecular flexibility index (Phi) is 6.52. The summed E-state index contributed by atoms with van der Waals surface area (Å²) in [5, 5.41) is 4.07. The van der Waals surface area contributed by atoms with Crippen molar-refractivity contribution in [3.63, 3.8) is 0 Å². The average molecular weight is 281 g/mol. The van der Waals surface area contributed by atoms with Crippen molar-refractivity contribution >= 4 is 30.7 Å². The van der Waals surface area contributed by atoms with Crippen LogP contribution >= 0.6 is 24.8 Å². The summed E-state index contributed by atoms with van der Waals surface area (Å²) in [5.74, 6) is 0.103. The molecule has 1 saturated heterocycles. The monoisotopic (exact) mass is 280 g/mol. The lowest BCUT2D eigenvalue weighted by atomic mass is 10.3. The molecule has 1 amide bonds. The number of hydrogen-bond acceptors (Lipinski definition) is 3. The van der Waals surface area contributed by atoms with E-state index < -0.39 is 0 Å². The van der Waals surface area contributed by atoms with Crippen molar-refractivity contribution in [1.29, 1.82) is 0 Å². The lowest BCUT2D eigenvalue weighted by Gasteiger charge is -2.20. The topological polar surface area (TPSA) is 64.2 Å². The minimum atomic E-state index is -0.231. The normalized spacial score (nSPS) is 20.4. The molecule has 2 N–H and O–H groups in total. The summed E-state index contributed by atoms with van der Waals surface area (Å²) in [7, 11) is 0. The van der Waals surface area contributed by atoms with Gasteiger partial charge in [0.25, 0.3) is 0 Å². The Morgan fingerprint density at radius 1 is 1.53 bits per heavy atom. The highest BCUT2D eigenvalue weighted by molar-refractivity contribution is 5.85. The molecule has 0 saturated carbocycles. The highest BCUT2D eigenvalue weighted by Crippen LogP contribution is 2.14. The number of nitrogens with zero attached hydrogens (tertiary/aromatic N) is 3. The van der Waals surface area contributed by atoms with Gasteiger partial charge in [-0.25, -0.2) is 0 Å². The lowest BCUT2D eigenvalue weighted by Crippen LogP contribution is -2.36. The second-order valence-electron chi connectivity index (χ2n) is 4.00. The van der Waals surface area contributed by atoms with Gasteiger partial charge in [0.2, 0.25) is 5.91 Å². The third-order valence-corrected chi connectivity index (χ3v) is 2.82. The summed E-state index contributed by atoms with van der Waals surface area (Å²) >= 11 is 0. The van der Waals surface area contributed by atoms with Gasteiger partial charge in [-0.3, -0.25) is 9.48 Å². The first-order valence-corrected chi connectivity index (χ1v) is 5.22. The zero-order valence-electron chi connectivity index (χ0n) is 9.65. The van der Waals surface area contributed by atoms with Crippen molar-refractivity contribution in [2.45, 2.75) is 25.4 Å². The maximum absolute atomic E-state index is 12.0. The average Bonchev–Trinajstić information content (AvgIpc) is 2.85. The summed E-state index contributed by atoms with van der Waals surface area (Å²) in [5.41, 5.74) is 5.77. The Bertz CT molecular complexity index is 344. The van der Waals surface area contributed by atoms with E-state index in [0.717, 1.165) is 13.0 Å². The van der Waals surface area contributed by atoms with Gasteiger partial charge in [-0.2, -0.15) is 5.10 Å². The lowest BCUT2D eigenvalue weighted by molar-refractivity contribution is -0.133. The molecule has 17 heavy (non-hydrogen) atoms. The van der Waals surface area contributed by atoms with Crippen LogP contribution < -0.4 is 5.73 Å². The van der Waals surface area contributed by atoms with Crippen molar-refractivity contribution in [3.05, 3.63) is 18.5 Å². The number of carbonyl (C=O) groups excluding carboxylic acids is 1. The van der Waals surface area contributed by atoms with Crippen molar-refractivity contribution in [2.75, 3.05) is 13.1 Å². The van der Waals surface area contributed by atoms with Gasteiger partial charge in [0.05, 0.1) is 0 Å². The molecule has 2 rings (SSSR count). The number of aromatic nitrogens is 2. The van der Waals surface area contributed by atoms with Crippen LogP contribution in [0.5, 0.6) is 0 Å². The summed E-state index contributed by atoms with van der Waals surface area (Å²) < 4.78 is 1.67. The van der Waals surface area contributed by atoms with E-state index in [9.17, 15) is 4.79 Å². The number of amides is 1. The highest BCUT2D eigenvalue weighted by atomic mass is 35.5. The first-order chi connectivity index (χ1) is 7.18. The Morgan fingerprint density at radius 2 is 2.24 bits per heavy atom. The molecule has 98 valence electrons. The van der Waals surface area contributed by atoms with Crippen LogP contribution in [0.25, 0.3) is 0 Å². The predicted octanol–water partition coefficient (Wildman–Crippen LogP) is 0.847. The van der Waals surface area contributed by atoms with Crippen LogP contribution in [0.2, 0.25) is 0 Å².